The Kier molecular flexibility index (Phi) is 4.24. The lowest BCUT2D eigenvalue weighted by Crippen LogP contribution is -2.12. The SMILES string of the molecule is O=C(C=Cc1ccccc1)Nc1cnccc1C(=O)O. The van der Waals surface area contributed by atoms with Crippen molar-refractivity contribution >= 4 is 23.6 Å². The summed E-state index contributed by atoms with van der Waals surface area (Å²) in [6, 6.07) is 10.7. The molecule has 1 heterocycles. The van der Waals surface area contributed by atoms with E-state index in [-0.39, 0.29) is 11.3 Å². The van der Waals surface area contributed by atoms with Gasteiger partial charge in [0.15, 0.2) is 0 Å². The molecule has 5 heteroatoms. The Balaban J connectivity index is 2.09. The van der Waals surface area contributed by atoms with Crippen LogP contribution in [-0.4, -0.2) is 22.0 Å². The van der Waals surface area contributed by atoms with Gasteiger partial charge in [0, 0.05) is 12.3 Å². The lowest BCUT2D eigenvalue weighted by atomic mass is 10.2. The van der Waals surface area contributed by atoms with Gasteiger partial charge >= 0.3 is 5.97 Å². The monoisotopic (exact) mass is 268 g/mol. The first-order chi connectivity index (χ1) is 9.66. The molecule has 0 spiro atoms. The Bertz CT molecular complexity index is 651. The molecule has 20 heavy (non-hydrogen) atoms. The summed E-state index contributed by atoms with van der Waals surface area (Å²) in [5.41, 5.74) is 1.05. The molecule has 0 saturated heterocycles. The molecule has 0 saturated carbocycles. The molecule has 0 bridgehead atoms. The minimum atomic E-state index is -1.12. The molecule has 1 aromatic carbocycles. The molecule has 0 atom stereocenters. The first-order valence-electron chi connectivity index (χ1n) is 5.88. The Labute approximate surface area is 115 Å². The number of benzene rings is 1. The number of carboxylic acid groups (broad SMARTS) is 1. The van der Waals surface area contributed by atoms with E-state index in [0.29, 0.717) is 0 Å². The number of carbonyl (C=O) groups is 2. The van der Waals surface area contributed by atoms with Crippen molar-refractivity contribution in [1.29, 1.82) is 0 Å². The summed E-state index contributed by atoms with van der Waals surface area (Å²) in [4.78, 5) is 26.5. The molecular formula is C15H12N2O3. The molecule has 0 aliphatic heterocycles. The standard InChI is InChI=1S/C15H12N2O3/c18-14(7-6-11-4-2-1-3-5-11)17-13-10-16-9-8-12(13)15(19)20/h1-10H,(H,17,18)(H,19,20). The van der Waals surface area contributed by atoms with Gasteiger partial charge in [0.25, 0.3) is 0 Å². The van der Waals surface area contributed by atoms with Crippen molar-refractivity contribution < 1.29 is 14.7 Å². The largest absolute Gasteiger partial charge is 0.478 e. The molecule has 2 aromatic rings. The summed E-state index contributed by atoms with van der Waals surface area (Å²) in [5.74, 6) is -1.53. The maximum Gasteiger partial charge on any atom is 0.337 e. The zero-order valence-electron chi connectivity index (χ0n) is 10.5. The fourth-order valence-corrected chi connectivity index (χ4v) is 1.59. The predicted molar refractivity (Wildman–Crippen MR) is 75.3 cm³/mol. The molecular weight excluding hydrogens is 256 g/mol. The summed E-state index contributed by atoms with van der Waals surface area (Å²) < 4.78 is 0. The summed E-state index contributed by atoms with van der Waals surface area (Å²) in [5, 5.41) is 11.5. The number of nitrogens with zero attached hydrogens (tertiary/aromatic N) is 1. The number of pyridine rings is 1. The van der Waals surface area contributed by atoms with Crippen LogP contribution in [0, 0.1) is 0 Å². The van der Waals surface area contributed by atoms with Crippen molar-refractivity contribution in [2.75, 3.05) is 5.32 Å². The van der Waals surface area contributed by atoms with Crippen molar-refractivity contribution in [3.8, 4) is 0 Å². The molecule has 1 aromatic heterocycles. The number of carboxylic acids is 1. The number of aromatic carboxylic acids is 1. The van der Waals surface area contributed by atoms with E-state index in [1.54, 1.807) is 6.08 Å². The quantitative estimate of drug-likeness (QED) is 0.835. The van der Waals surface area contributed by atoms with Gasteiger partial charge in [-0.15, -0.1) is 0 Å². The Morgan fingerprint density at radius 1 is 1.15 bits per heavy atom. The Morgan fingerprint density at radius 3 is 2.60 bits per heavy atom. The van der Waals surface area contributed by atoms with E-state index in [4.69, 9.17) is 5.11 Å². The molecule has 0 aliphatic carbocycles. The third-order valence-electron chi connectivity index (χ3n) is 2.54. The highest BCUT2D eigenvalue weighted by Crippen LogP contribution is 2.13. The van der Waals surface area contributed by atoms with E-state index in [1.807, 2.05) is 30.3 Å². The molecule has 1 amide bonds. The van der Waals surface area contributed by atoms with Crippen LogP contribution in [0.1, 0.15) is 15.9 Å². The maximum absolute atomic E-state index is 11.7. The third-order valence-corrected chi connectivity index (χ3v) is 2.54. The molecule has 0 aliphatic rings. The minimum absolute atomic E-state index is 0.00135. The second kappa shape index (κ2) is 6.29. The zero-order chi connectivity index (χ0) is 14.4. The Morgan fingerprint density at radius 2 is 1.90 bits per heavy atom. The summed E-state index contributed by atoms with van der Waals surface area (Å²) >= 11 is 0. The second-order valence-corrected chi connectivity index (χ2v) is 3.96. The van der Waals surface area contributed by atoms with Crippen LogP contribution < -0.4 is 5.32 Å². The van der Waals surface area contributed by atoms with Crippen LogP contribution in [0.3, 0.4) is 0 Å². The highest BCUT2D eigenvalue weighted by atomic mass is 16.4. The first-order valence-corrected chi connectivity index (χ1v) is 5.88. The number of nitrogens with one attached hydrogen (secondary N) is 1. The van der Waals surface area contributed by atoms with Crippen molar-refractivity contribution in [1.82, 2.24) is 4.98 Å². The fourth-order valence-electron chi connectivity index (χ4n) is 1.59. The molecule has 100 valence electrons. The van der Waals surface area contributed by atoms with Crippen LogP contribution in [0.15, 0.2) is 54.9 Å². The normalized spacial score (nSPS) is 10.4. The van der Waals surface area contributed by atoms with Crippen LogP contribution in [0.4, 0.5) is 5.69 Å². The van der Waals surface area contributed by atoms with Gasteiger partial charge in [-0.2, -0.15) is 0 Å². The van der Waals surface area contributed by atoms with Gasteiger partial charge in [-0.25, -0.2) is 4.79 Å². The average molecular weight is 268 g/mol. The van der Waals surface area contributed by atoms with Crippen LogP contribution >= 0.6 is 0 Å². The number of rotatable bonds is 4. The van der Waals surface area contributed by atoms with E-state index in [1.165, 1.54) is 24.5 Å². The lowest BCUT2D eigenvalue weighted by Gasteiger charge is -2.05. The number of carbonyl (C=O) groups excluding carboxylic acids is 1. The molecule has 0 fully saturated rings. The first kappa shape index (κ1) is 13.5. The molecule has 5 nitrogen and oxygen atoms in total. The summed E-state index contributed by atoms with van der Waals surface area (Å²) in [6.45, 7) is 0. The number of aromatic nitrogens is 1. The highest BCUT2D eigenvalue weighted by Gasteiger charge is 2.10. The fraction of sp³-hybridized carbons (Fsp3) is 0. The number of anilines is 1. The van der Waals surface area contributed by atoms with Gasteiger partial charge in [0.05, 0.1) is 17.4 Å². The molecule has 0 unspecified atom stereocenters. The van der Waals surface area contributed by atoms with Gasteiger partial charge in [0.2, 0.25) is 5.91 Å². The second-order valence-electron chi connectivity index (χ2n) is 3.96. The smallest absolute Gasteiger partial charge is 0.337 e. The predicted octanol–water partition coefficient (Wildman–Crippen LogP) is 2.43. The van der Waals surface area contributed by atoms with E-state index < -0.39 is 11.9 Å². The third kappa shape index (κ3) is 3.52. The van der Waals surface area contributed by atoms with Crippen molar-refractivity contribution in [2.45, 2.75) is 0 Å². The van der Waals surface area contributed by atoms with Crippen LogP contribution in [0.25, 0.3) is 6.08 Å². The van der Waals surface area contributed by atoms with E-state index in [9.17, 15) is 9.59 Å². The van der Waals surface area contributed by atoms with E-state index in [2.05, 4.69) is 10.3 Å². The number of hydrogen-bond donors (Lipinski definition) is 2. The van der Waals surface area contributed by atoms with Crippen LogP contribution in [-0.2, 0) is 4.79 Å². The zero-order valence-corrected chi connectivity index (χ0v) is 10.5. The number of hydrogen-bond acceptors (Lipinski definition) is 3. The maximum atomic E-state index is 11.7. The topological polar surface area (TPSA) is 79.3 Å². The van der Waals surface area contributed by atoms with E-state index >= 15 is 0 Å². The van der Waals surface area contributed by atoms with Crippen molar-refractivity contribution in [2.24, 2.45) is 0 Å². The van der Waals surface area contributed by atoms with Crippen molar-refractivity contribution in [3.05, 3.63) is 66.0 Å². The van der Waals surface area contributed by atoms with Gasteiger partial charge in [-0.1, -0.05) is 30.3 Å². The van der Waals surface area contributed by atoms with Crippen LogP contribution in [0.5, 0.6) is 0 Å². The van der Waals surface area contributed by atoms with Crippen molar-refractivity contribution in [3.63, 3.8) is 0 Å². The van der Waals surface area contributed by atoms with Gasteiger partial charge in [-0.05, 0) is 17.7 Å². The van der Waals surface area contributed by atoms with Gasteiger partial charge in [0.1, 0.15) is 0 Å². The summed E-state index contributed by atoms with van der Waals surface area (Å²) in [6.07, 6.45) is 5.65. The molecule has 0 radical (unpaired) electrons. The average Bonchev–Trinajstić information content (AvgIpc) is 2.46. The lowest BCUT2D eigenvalue weighted by molar-refractivity contribution is -0.111. The van der Waals surface area contributed by atoms with Crippen LogP contribution in [0.2, 0.25) is 0 Å². The Hall–Kier alpha value is -2.95. The summed E-state index contributed by atoms with van der Waals surface area (Å²) in [7, 11) is 0. The minimum Gasteiger partial charge on any atom is -0.478 e. The molecule has 2 rings (SSSR count). The number of amides is 1. The van der Waals surface area contributed by atoms with E-state index in [0.717, 1.165) is 5.56 Å². The van der Waals surface area contributed by atoms with Gasteiger partial charge in [-0.3, -0.25) is 9.78 Å². The van der Waals surface area contributed by atoms with Gasteiger partial charge < -0.3 is 10.4 Å². The molecule has 2 N–H and O–H groups in total. The highest BCUT2D eigenvalue weighted by molar-refractivity contribution is 6.05.